The van der Waals surface area contributed by atoms with Crippen LogP contribution in [0.25, 0.3) is 0 Å². The van der Waals surface area contributed by atoms with E-state index in [1.807, 2.05) is 97.1 Å². The number of alkyl halides is 1. The van der Waals surface area contributed by atoms with E-state index in [1.54, 1.807) is 0 Å². The molecule has 0 radical (unpaired) electrons. The van der Waals surface area contributed by atoms with E-state index in [4.69, 9.17) is 23.7 Å². The van der Waals surface area contributed by atoms with E-state index in [0.29, 0.717) is 60.5 Å². The average molecular weight is 798 g/mol. The second kappa shape index (κ2) is 21.6. The number of halogens is 1. The normalized spacial score (nSPS) is 11.4. The van der Waals surface area contributed by atoms with Crippen LogP contribution in [0.5, 0.6) is 28.7 Å². The van der Waals surface area contributed by atoms with Gasteiger partial charge in [0.2, 0.25) is 5.75 Å². The molecule has 0 spiro atoms. The van der Waals surface area contributed by atoms with Crippen molar-refractivity contribution in [3.05, 3.63) is 198 Å². The highest BCUT2D eigenvalue weighted by atomic mass is 79.9. The largest absolute Gasteiger partial charge is 0.489 e. The summed E-state index contributed by atoms with van der Waals surface area (Å²) in [6.07, 6.45) is 6.83. The summed E-state index contributed by atoms with van der Waals surface area (Å²) in [4.78, 5) is 0. The first kappa shape index (κ1) is 39.4. The van der Waals surface area contributed by atoms with Crippen molar-refractivity contribution >= 4 is 15.9 Å². The lowest BCUT2D eigenvalue weighted by Crippen LogP contribution is -2.08. The minimum atomic E-state index is -0.203. The molecule has 6 aromatic carbocycles. The molecule has 55 heavy (non-hydrogen) atoms. The van der Waals surface area contributed by atoms with E-state index in [9.17, 15) is 0 Å². The van der Waals surface area contributed by atoms with Crippen molar-refractivity contribution in [1.82, 2.24) is 0 Å². The second-order valence-electron chi connectivity index (χ2n) is 13.4. The zero-order valence-electron chi connectivity index (χ0n) is 31.3. The van der Waals surface area contributed by atoms with Gasteiger partial charge in [0.1, 0.15) is 31.3 Å². The van der Waals surface area contributed by atoms with Crippen molar-refractivity contribution in [3.63, 3.8) is 0 Å². The van der Waals surface area contributed by atoms with Crippen LogP contribution in [0.15, 0.2) is 164 Å². The van der Waals surface area contributed by atoms with Crippen molar-refractivity contribution in [1.29, 1.82) is 0 Å². The molecule has 6 heteroatoms. The third kappa shape index (κ3) is 12.6. The van der Waals surface area contributed by atoms with Gasteiger partial charge in [-0.05, 0) is 76.9 Å². The van der Waals surface area contributed by atoms with Crippen molar-refractivity contribution < 1.29 is 23.7 Å². The van der Waals surface area contributed by atoms with Gasteiger partial charge in [0.25, 0.3) is 0 Å². The zero-order chi connectivity index (χ0) is 37.9. The number of hydrogen-bond donors (Lipinski definition) is 0. The van der Waals surface area contributed by atoms with Gasteiger partial charge in [0.15, 0.2) is 11.5 Å². The lowest BCUT2D eigenvalue weighted by molar-refractivity contribution is 0.0317. The third-order valence-electron chi connectivity index (χ3n) is 9.12. The second-order valence-corrected chi connectivity index (χ2v) is 14.0. The maximum atomic E-state index is 6.84. The van der Waals surface area contributed by atoms with Gasteiger partial charge in [-0.15, -0.1) is 6.58 Å². The Labute approximate surface area is 334 Å². The Balaban J connectivity index is 1.38. The number of rotatable bonds is 22. The minimum absolute atomic E-state index is 0.203. The summed E-state index contributed by atoms with van der Waals surface area (Å²) in [6.45, 7) is 5.53. The molecule has 6 aromatic rings. The van der Waals surface area contributed by atoms with E-state index >= 15 is 0 Å². The average Bonchev–Trinajstić information content (AvgIpc) is 3.24. The van der Waals surface area contributed by atoms with E-state index < -0.39 is 0 Å². The van der Waals surface area contributed by atoms with Gasteiger partial charge >= 0.3 is 0 Å². The maximum absolute atomic E-state index is 6.84. The van der Waals surface area contributed by atoms with Gasteiger partial charge in [0, 0.05) is 11.4 Å². The Bertz CT molecular complexity index is 1960. The highest BCUT2D eigenvalue weighted by molar-refractivity contribution is 9.08. The molecule has 6 rings (SSSR count). The molecule has 1 atom stereocenters. The molecule has 282 valence electrons. The Kier molecular flexibility index (Phi) is 15.4. The van der Waals surface area contributed by atoms with Crippen molar-refractivity contribution in [2.45, 2.75) is 70.0 Å². The number of allylic oxidation sites excluding steroid dienone is 1. The number of ether oxygens (including phenoxy) is 5. The standard InChI is InChI=1S/C49H49BrO5/c1-2-3-4-5-18-27-46(52-35-39-21-12-7-13-22-39)43-30-47(53-36-40-23-14-8-15-24-40)49(48(31-43)54-37-41-25-16-9-17-26-41)55-45-29-42(33-50)28-44(32-45)51-34-38-19-10-6-11-20-38/h2,6-17,19-26,28-32,46H,1,3-5,18,27,33-37H2/t46-/m1/s1. The molecule has 0 bridgehead atoms. The smallest absolute Gasteiger partial charge is 0.211 e. The SMILES string of the molecule is C=CCCCCC[C@@H](OCc1ccccc1)c1cc(OCc2ccccc2)c(Oc2cc(CBr)cc(OCc3ccccc3)c2)c(OCc2ccccc2)c1. The number of hydrogen-bond acceptors (Lipinski definition) is 5. The molecule has 0 fully saturated rings. The third-order valence-corrected chi connectivity index (χ3v) is 9.77. The highest BCUT2D eigenvalue weighted by Crippen LogP contribution is 2.45. The molecule has 0 aliphatic heterocycles. The molecule has 0 saturated carbocycles. The quantitative estimate of drug-likeness (QED) is 0.0389. The van der Waals surface area contributed by atoms with Gasteiger partial charge in [-0.25, -0.2) is 0 Å². The molecule has 0 heterocycles. The summed E-state index contributed by atoms with van der Waals surface area (Å²) in [5.41, 5.74) is 6.28. The maximum Gasteiger partial charge on any atom is 0.211 e. The Morgan fingerprint density at radius 2 is 1.00 bits per heavy atom. The summed E-state index contributed by atoms with van der Waals surface area (Å²) in [6, 6.07) is 50.8. The first-order valence-electron chi connectivity index (χ1n) is 19.0. The van der Waals surface area contributed by atoms with Gasteiger partial charge in [-0.3, -0.25) is 0 Å². The Morgan fingerprint density at radius 1 is 0.509 bits per heavy atom. The first-order valence-corrected chi connectivity index (χ1v) is 20.1. The molecule has 0 unspecified atom stereocenters. The van der Waals surface area contributed by atoms with E-state index in [2.05, 4.69) is 83.2 Å². The van der Waals surface area contributed by atoms with Crippen LogP contribution in [-0.4, -0.2) is 0 Å². The Morgan fingerprint density at radius 3 is 1.51 bits per heavy atom. The van der Waals surface area contributed by atoms with Gasteiger partial charge in [-0.1, -0.05) is 156 Å². The minimum Gasteiger partial charge on any atom is -0.489 e. The monoisotopic (exact) mass is 796 g/mol. The van der Waals surface area contributed by atoms with Crippen molar-refractivity contribution in [2.24, 2.45) is 0 Å². The van der Waals surface area contributed by atoms with Crippen LogP contribution >= 0.6 is 15.9 Å². The summed E-state index contributed by atoms with van der Waals surface area (Å²) < 4.78 is 33.2. The van der Waals surface area contributed by atoms with Crippen LogP contribution in [0.4, 0.5) is 0 Å². The summed E-state index contributed by atoms with van der Waals surface area (Å²) in [5, 5.41) is 0.632. The van der Waals surface area contributed by atoms with Crippen molar-refractivity contribution in [2.75, 3.05) is 0 Å². The van der Waals surface area contributed by atoms with Crippen molar-refractivity contribution in [3.8, 4) is 28.7 Å². The molecular weight excluding hydrogens is 748 g/mol. The zero-order valence-corrected chi connectivity index (χ0v) is 32.9. The summed E-state index contributed by atoms with van der Waals surface area (Å²) in [7, 11) is 0. The van der Waals surface area contributed by atoms with Crippen LogP contribution in [0, 0.1) is 0 Å². The molecule has 0 N–H and O–H groups in total. The van der Waals surface area contributed by atoms with Crippen LogP contribution in [0.1, 0.15) is 71.6 Å². The molecule has 0 amide bonds. The molecule has 5 nitrogen and oxygen atoms in total. The summed E-state index contributed by atoms with van der Waals surface area (Å²) >= 11 is 3.65. The molecule has 0 saturated heterocycles. The van der Waals surface area contributed by atoms with Crippen LogP contribution < -0.4 is 18.9 Å². The Hall–Kier alpha value is -5.30. The fraction of sp³-hybridized carbons (Fsp3) is 0.224. The van der Waals surface area contributed by atoms with Gasteiger partial charge in [-0.2, -0.15) is 0 Å². The lowest BCUT2D eigenvalue weighted by atomic mass is 10.0. The topological polar surface area (TPSA) is 46.2 Å². The highest BCUT2D eigenvalue weighted by Gasteiger charge is 2.23. The van der Waals surface area contributed by atoms with Crippen LogP contribution in [0.2, 0.25) is 0 Å². The lowest BCUT2D eigenvalue weighted by Gasteiger charge is -2.23. The fourth-order valence-electron chi connectivity index (χ4n) is 6.19. The van der Waals surface area contributed by atoms with Crippen LogP contribution in [0.3, 0.4) is 0 Å². The first-order chi connectivity index (χ1) is 27.2. The fourth-order valence-corrected chi connectivity index (χ4v) is 6.51. The molecule has 0 aliphatic carbocycles. The van der Waals surface area contributed by atoms with Gasteiger partial charge in [0.05, 0.1) is 12.7 Å². The van der Waals surface area contributed by atoms with E-state index in [1.165, 1.54) is 0 Å². The molecule has 0 aromatic heterocycles. The van der Waals surface area contributed by atoms with Crippen LogP contribution in [-0.2, 0) is 36.5 Å². The van der Waals surface area contributed by atoms with E-state index in [-0.39, 0.29) is 6.10 Å². The predicted octanol–water partition coefficient (Wildman–Crippen LogP) is 13.5. The van der Waals surface area contributed by atoms with E-state index in [0.717, 1.165) is 65.5 Å². The van der Waals surface area contributed by atoms with Gasteiger partial charge < -0.3 is 23.7 Å². The number of benzene rings is 6. The summed E-state index contributed by atoms with van der Waals surface area (Å²) in [5.74, 6) is 2.95. The molecule has 0 aliphatic rings. The molecular formula is C49H49BrO5. The predicted molar refractivity (Wildman–Crippen MR) is 225 cm³/mol. The number of unbranched alkanes of at least 4 members (excludes halogenated alkanes) is 3.